The summed E-state index contributed by atoms with van der Waals surface area (Å²) in [4.78, 5) is 11.8. The Bertz CT molecular complexity index is 408. The van der Waals surface area contributed by atoms with Crippen LogP contribution in [0.15, 0.2) is 12.2 Å². The summed E-state index contributed by atoms with van der Waals surface area (Å²) in [6, 6.07) is 0. The minimum Gasteiger partial charge on any atom is -0.456 e. The smallest absolute Gasteiger partial charge is 0.333 e. The predicted molar refractivity (Wildman–Crippen MR) is 72.5 cm³/mol. The van der Waals surface area contributed by atoms with Crippen LogP contribution in [0.3, 0.4) is 0 Å². The Labute approximate surface area is 115 Å². The molecule has 4 bridgehead atoms. The Kier molecular flexibility index (Phi) is 3.01. The Balaban J connectivity index is 1.77. The zero-order valence-corrected chi connectivity index (χ0v) is 11.8. The van der Waals surface area contributed by atoms with Crippen LogP contribution in [0.5, 0.6) is 0 Å². The third-order valence-electron chi connectivity index (χ3n) is 5.22. The average Bonchev–Trinajstić information content (AvgIpc) is 2.24. The van der Waals surface area contributed by atoms with E-state index in [-0.39, 0.29) is 5.97 Å². The van der Waals surface area contributed by atoms with E-state index >= 15 is 0 Å². The van der Waals surface area contributed by atoms with Crippen LogP contribution < -0.4 is 0 Å². The summed E-state index contributed by atoms with van der Waals surface area (Å²) in [7, 11) is 0. The maximum absolute atomic E-state index is 11.8. The molecule has 0 spiro atoms. The molecule has 3 heteroatoms. The van der Waals surface area contributed by atoms with Gasteiger partial charge in [-0.2, -0.15) is 0 Å². The van der Waals surface area contributed by atoms with Crippen LogP contribution in [0, 0.1) is 11.8 Å². The van der Waals surface area contributed by atoms with Gasteiger partial charge in [-0.3, -0.25) is 0 Å². The van der Waals surface area contributed by atoms with E-state index in [4.69, 9.17) is 4.74 Å². The van der Waals surface area contributed by atoms with E-state index in [1.165, 1.54) is 12.8 Å². The van der Waals surface area contributed by atoms with Crippen LogP contribution in [0.25, 0.3) is 0 Å². The van der Waals surface area contributed by atoms with Gasteiger partial charge in [0.05, 0.1) is 5.60 Å². The SMILES string of the molecule is C=C(C)C(=O)OC12CC(CC3CCCC(O)(C3)C1)C2. The molecule has 19 heavy (non-hydrogen) atoms. The van der Waals surface area contributed by atoms with Gasteiger partial charge in [-0.25, -0.2) is 4.79 Å². The van der Waals surface area contributed by atoms with E-state index in [9.17, 15) is 9.90 Å². The van der Waals surface area contributed by atoms with E-state index in [1.54, 1.807) is 6.92 Å². The van der Waals surface area contributed by atoms with Crippen LogP contribution >= 0.6 is 0 Å². The van der Waals surface area contributed by atoms with Crippen molar-refractivity contribution in [2.45, 2.75) is 69.5 Å². The van der Waals surface area contributed by atoms with E-state index in [2.05, 4.69) is 6.58 Å². The first-order valence-corrected chi connectivity index (χ1v) is 7.51. The molecule has 0 amide bonds. The minimum absolute atomic E-state index is 0.296. The standard InChI is InChI=1S/C16H24O3/c1-11(2)14(17)19-16-8-13(9-16)6-12-4-3-5-15(18,7-12)10-16/h12-13,18H,1,3-10H2,2H3. The molecule has 106 valence electrons. The molecule has 2 unspecified atom stereocenters. The summed E-state index contributed by atoms with van der Waals surface area (Å²) in [5, 5.41) is 10.8. The second-order valence-corrected chi connectivity index (χ2v) is 7.23. The molecule has 4 fully saturated rings. The Morgan fingerprint density at radius 2 is 2.05 bits per heavy atom. The highest BCUT2D eigenvalue weighted by Crippen LogP contribution is 2.55. The van der Waals surface area contributed by atoms with Crippen molar-refractivity contribution < 1.29 is 14.6 Å². The lowest BCUT2D eigenvalue weighted by molar-refractivity contribution is -0.198. The summed E-state index contributed by atoms with van der Waals surface area (Å²) in [6.45, 7) is 5.34. The van der Waals surface area contributed by atoms with Crippen LogP contribution in [0.4, 0.5) is 0 Å². The molecule has 4 rings (SSSR count). The van der Waals surface area contributed by atoms with Gasteiger partial charge in [0.25, 0.3) is 0 Å². The molecule has 0 aromatic carbocycles. The fourth-order valence-electron chi connectivity index (χ4n) is 4.60. The highest BCUT2D eigenvalue weighted by atomic mass is 16.6. The van der Waals surface area contributed by atoms with Crippen molar-refractivity contribution in [1.82, 2.24) is 0 Å². The first-order valence-electron chi connectivity index (χ1n) is 7.51. The summed E-state index contributed by atoms with van der Waals surface area (Å²) < 4.78 is 5.70. The molecule has 0 radical (unpaired) electrons. The molecule has 4 aliphatic carbocycles. The van der Waals surface area contributed by atoms with Crippen LogP contribution in [0.1, 0.15) is 58.3 Å². The topological polar surface area (TPSA) is 46.5 Å². The van der Waals surface area contributed by atoms with Gasteiger partial charge in [0, 0.05) is 12.0 Å². The molecular weight excluding hydrogens is 240 g/mol. The molecule has 4 aliphatic rings. The Hall–Kier alpha value is -0.830. The van der Waals surface area contributed by atoms with E-state index < -0.39 is 11.2 Å². The van der Waals surface area contributed by atoms with Crippen LogP contribution in [-0.2, 0) is 9.53 Å². The highest BCUT2D eigenvalue weighted by molar-refractivity contribution is 5.87. The van der Waals surface area contributed by atoms with Gasteiger partial charge >= 0.3 is 5.97 Å². The fraction of sp³-hybridized carbons (Fsp3) is 0.812. The van der Waals surface area contributed by atoms with Crippen molar-refractivity contribution >= 4 is 5.97 Å². The van der Waals surface area contributed by atoms with E-state index in [0.717, 1.165) is 32.1 Å². The number of carbonyl (C=O) groups is 1. The Morgan fingerprint density at radius 1 is 1.32 bits per heavy atom. The molecule has 3 nitrogen and oxygen atoms in total. The van der Waals surface area contributed by atoms with Crippen molar-refractivity contribution in [3.63, 3.8) is 0 Å². The molecule has 1 N–H and O–H groups in total. The number of carbonyl (C=O) groups excluding carboxylic acids is 1. The lowest BCUT2D eigenvalue weighted by Crippen LogP contribution is -2.56. The third kappa shape index (κ3) is 2.45. The zero-order valence-electron chi connectivity index (χ0n) is 11.8. The van der Waals surface area contributed by atoms with Crippen molar-refractivity contribution in [2.24, 2.45) is 11.8 Å². The number of aliphatic hydroxyl groups is 1. The second-order valence-electron chi connectivity index (χ2n) is 7.23. The zero-order chi connectivity index (χ0) is 13.7. The summed E-state index contributed by atoms with van der Waals surface area (Å²) in [6.07, 6.45) is 7.84. The van der Waals surface area contributed by atoms with Crippen molar-refractivity contribution in [3.8, 4) is 0 Å². The molecule has 4 saturated carbocycles. The van der Waals surface area contributed by atoms with Gasteiger partial charge in [-0.15, -0.1) is 0 Å². The van der Waals surface area contributed by atoms with Gasteiger partial charge in [0.1, 0.15) is 5.60 Å². The summed E-state index contributed by atoms with van der Waals surface area (Å²) in [5.41, 5.74) is -0.560. The molecule has 0 aromatic heterocycles. The van der Waals surface area contributed by atoms with E-state index in [0.29, 0.717) is 23.8 Å². The highest BCUT2D eigenvalue weighted by Gasteiger charge is 2.55. The van der Waals surface area contributed by atoms with Gasteiger partial charge in [0.15, 0.2) is 0 Å². The lowest BCUT2D eigenvalue weighted by Gasteiger charge is -2.55. The summed E-state index contributed by atoms with van der Waals surface area (Å²) in [5.74, 6) is 1.07. The maximum atomic E-state index is 11.8. The first-order chi connectivity index (χ1) is 8.90. The largest absolute Gasteiger partial charge is 0.456 e. The van der Waals surface area contributed by atoms with Gasteiger partial charge in [0.2, 0.25) is 0 Å². The predicted octanol–water partition coefficient (Wildman–Crippen LogP) is 2.97. The van der Waals surface area contributed by atoms with Gasteiger partial charge in [-0.1, -0.05) is 19.4 Å². The minimum atomic E-state index is -0.607. The quantitative estimate of drug-likeness (QED) is 0.616. The fourth-order valence-corrected chi connectivity index (χ4v) is 4.60. The third-order valence-corrected chi connectivity index (χ3v) is 5.22. The molecular formula is C16H24O3. The molecule has 2 atom stereocenters. The molecule has 0 aromatic rings. The summed E-state index contributed by atoms with van der Waals surface area (Å²) >= 11 is 0. The number of hydrogen-bond acceptors (Lipinski definition) is 3. The number of ether oxygens (including phenoxy) is 1. The second kappa shape index (κ2) is 4.34. The first kappa shape index (κ1) is 13.2. The Morgan fingerprint density at radius 3 is 2.74 bits per heavy atom. The van der Waals surface area contributed by atoms with Crippen molar-refractivity contribution in [1.29, 1.82) is 0 Å². The van der Waals surface area contributed by atoms with Gasteiger partial charge in [-0.05, 0) is 50.9 Å². The molecule has 0 aliphatic heterocycles. The normalized spacial score (nSPS) is 44.5. The van der Waals surface area contributed by atoms with E-state index in [1.807, 2.05) is 0 Å². The van der Waals surface area contributed by atoms with Crippen LogP contribution in [-0.4, -0.2) is 22.3 Å². The number of hydrogen-bond donors (Lipinski definition) is 1. The maximum Gasteiger partial charge on any atom is 0.333 e. The van der Waals surface area contributed by atoms with Gasteiger partial charge < -0.3 is 9.84 Å². The number of rotatable bonds is 2. The van der Waals surface area contributed by atoms with Crippen LogP contribution in [0.2, 0.25) is 0 Å². The molecule has 0 heterocycles. The number of esters is 1. The lowest BCUT2D eigenvalue weighted by atomic mass is 9.56. The van der Waals surface area contributed by atoms with Crippen molar-refractivity contribution in [3.05, 3.63) is 12.2 Å². The molecule has 0 saturated heterocycles. The van der Waals surface area contributed by atoms with Crippen molar-refractivity contribution in [2.75, 3.05) is 0 Å². The average molecular weight is 264 g/mol. The monoisotopic (exact) mass is 264 g/mol.